The van der Waals surface area contributed by atoms with Crippen molar-refractivity contribution in [2.75, 3.05) is 25.3 Å². The first-order chi connectivity index (χ1) is 11.2. The molecule has 3 aliphatic rings. The van der Waals surface area contributed by atoms with Crippen molar-refractivity contribution in [3.05, 3.63) is 17.7 Å². The van der Waals surface area contributed by atoms with Crippen LogP contribution in [0.3, 0.4) is 0 Å². The van der Waals surface area contributed by atoms with Gasteiger partial charge >= 0.3 is 6.03 Å². The molecule has 0 spiro atoms. The second-order valence-electron chi connectivity index (χ2n) is 6.40. The Kier molecular flexibility index (Phi) is 3.77. The zero-order chi connectivity index (χ0) is 15.8. The number of rotatable bonds is 2. The molecule has 1 aromatic rings. The smallest absolute Gasteiger partial charge is 0.322 e. The Balaban J connectivity index is 1.49. The second kappa shape index (κ2) is 5.92. The van der Waals surface area contributed by atoms with Crippen molar-refractivity contribution in [1.29, 1.82) is 0 Å². The molecule has 3 heterocycles. The molecule has 2 amide bonds. The van der Waals surface area contributed by atoms with Crippen molar-refractivity contribution < 1.29 is 19.0 Å². The van der Waals surface area contributed by atoms with Gasteiger partial charge in [0.05, 0.1) is 12.1 Å². The molecule has 0 aromatic heterocycles. The molecule has 124 valence electrons. The van der Waals surface area contributed by atoms with Crippen molar-refractivity contribution in [2.45, 2.75) is 44.8 Å². The van der Waals surface area contributed by atoms with Crippen molar-refractivity contribution in [2.24, 2.45) is 0 Å². The fraction of sp³-hybridized carbons (Fsp3) is 0.588. The number of urea groups is 1. The summed E-state index contributed by atoms with van der Waals surface area (Å²) in [5, 5.41) is 3.03. The van der Waals surface area contributed by atoms with Crippen molar-refractivity contribution in [3.8, 4) is 11.5 Å². The van der Waals surface area contributed by atoms with Gasteiger partial charge in [-0.05, 0) is 44.2 Å². The monoisotopic (exact) mass is 318 g/mol. The summed E-state index contributed by atoms with van der Waals surface area (Å²) in [7, 11) is 0. The van der Waals surface area contributed by atoms with Gasteiger partial charge in [0.15, 0.2) is 11.5 Å². The minimum absolute atomic E-state index is 0.0510. The third kappa shape index (κ3) is 2.72. The predicted molar refractivity (Wildman–Crippen MR) is 85.0 cm³/mol. The molecule has 6 heteroatoms. The normalized spacial score (nSPS) is 25.9. The highest BCUT2D eigenvalue weighted by molar-refractivity contribution is 5.91. The summed E-state index contributed by atoms with van der Waals surface area (Å²) in [6.45, 7) is 3.80. The summed E-state index contributed by atoms with van der Waals surface area (Å²) >= 11 is 0. The first-order valence-electron chi connectivity index (χ1n) is 8.32. The number of hydrogen-bond acceptors (Lipinski definition) is 4. The number of likely N-dealkylation sites (tertiary alicyclic amines) is 1. The van der Waals surface area contributed by atoms with Gasteiger partial charge in [-0.3, -0.25) is 0 Å². The van der Waals surface area contributed by atoms with Crippen LogP contribution in [0.5, 0.6) is 11.5 Å². The SMILES string of the molecule is Cc1cc2c(cc1NC(=O)N1CCC[C@H]1[C@@H]1CCCO1)OCO2. The van der Waals surface area contributed by atoms with E-state index in [4.69, 9.17) is 14.2 Å². The van der Waals surface area contributed by atoms with Gasteiger partial charge in [0, 0.05) is 24.9 Å². The standard InChI is InChI=1S/C17H22N2O4/c1-11-8-15-16(23-10-22-15)9-12(11)18-17(20)19-6-2-4-13(19)14-5-3-7-21-14/h8-9,13-14H,2-7,10H2,1H3,(H,18,20)/t13-,14-/m0/s1. The van der Waals surface area contributed by atoms with E-state index in [9.17, 15) is 4.79 Å². The Labute approximate surface area is 135 Å². The minimum Gasteiger partial charge on any atom is -0.454 e. The second-order valence-corrected chi connectivity index (χ2v) is 6.40. The number of nitrogens with zero attached hydrogens (tertiary/aromatic N) is 1. The average Bonchev–Trinajstić information content (AvgIpc) is 3.27. The highest BCUT2D eigenvalue weighted by Gasteiger charge is 2.37. The number of nitrogens with one attached hydrogen (secondary N) is 1. The van der Waals surface area contributed by atoms with Crippen LogP contribution in [-0.4, -0.2) is 43.0 Å². The summed E-state index contributed by atoms with van der Waals surface area (Å²) < 4.78 is 16.6. The van der Waals surface area contributed by atoms with E-state index in [2.05, 4.69) is 5.32 Å². The van der Waals surface area contributed by atoms with Gasteiger partial charge in [0.1, 0.15) is 0 Å². The number of hydrogen-bond donors (Lipinski definition) is 1. The van der Waals surface area contributed by atoms with E-state index in [0.717, 1.165) is 55.8 Å². The number of benzene rings is 1. The van der Waals surface area contributed by atoms with Crippen LogP contribution < -0.4 is 14.8 Å². The summed E-state index contributed by atoms with van der Waals surface area (Å²) in [5.74, 6) is 1.42. The Morgan fingerprint density at radius 1 is 1.22 bits per heavy atom. The van der Waals surface area contributed by atoms with E-state index in [1.165, 1.54) is 0 Å². The highest BCUT2D eigenvalue weighted by Crippen LogP contribution is 2.37. The van der Waals surface area contributed by atoms with Gasteiger partial charge < -0.3 is 24.4 Å². The summed E-state index contributed by atoms with van der Waals surface area (Å²) in [6, 6.07) is 3.89. The summed E-state index contributed by atoms with van der Waals surface area (Å²) in [6.07, 6.45) is 4.41. The van der Waals surface area contributed by atoms with Gasteiger partial charge in [0.25, 0.3) is 0 Å². The van der Waals surface area contributed by atoms with Gasteiger partial charge in [-0.15, -0.1) is 0 Å². The van der Waals surface area contributed by atoms with Crippen LogP contribution in [0.1, 0.15) is 31.2 Å². The molecule has 0 radical (unpaired) electrons. The molecule has 2 saturated heterocycles. The summed E-state index contributed by atoms with van der Waals surface area (Å²) in [5.41, 5.74) is 1.74. The number of carbonyl (C=O) groups is 1. The van der Waals surface area contributed by atoms with Crippen LogP contribution >= 0.6 is 0 Å². The van der Waals surface area contributed by atoms with Crippen LogP contribution in [0.2, 0.25) is 0 Å². The lowest BCUT2D eigenvalue weighted by Crippen LogP contribution is -2.44. The van der Waals surface area contributed by atoms with E-state index in [-0.39, 0.29) is 25.0 Å². The third-order valence-electron chi connectivity index (χ3n) is 4.92. The van der Waals surface area contributed by atoms with E-state index in [0.29, 0.717) is 5.75 Å². The molecule has 1 aromatic carbocycles. The zero-order valence-corrected chi connectivity index (χ0v) is 13.3. The number of ether oxygens (including phenoxy) is 3. The van der Waals surface area contributed by atoms with E-state index >= 15 is 0 Å². The number of fused-ring (bicyclic) bond motifs is 1. The van der Waals surface area contributed by atoms with Gasteiger partial charge in [-0.1, -0.05) is 0 Å². The van der Waals surface area contributed by atoms with E-state index in [1.54, 1.807) is 0 Å². The minimum atomic E-state index is -0.0510. The molecule has 1 N–H and O–H groups in total. The van der Waals surface area contributed by atoms with Crippen LogP contribution in [-0.2, 0) is 4.74 Å². The topological polar surface area (TPSA) is 60.0 Å². The molecule has 2 fully saturated rings. The largest absolute Gasteiger partial charge is 0.454 e. The van der Waals surface area contributed by atoms with Gasteiger partial charge in [-0.25, -0.2) is 4.79 Å². The van der Waals surface area contributed by atoms with Crippen molar-refractivity contribution in [3.63, 3.8) is 0 Å². The van der Waals surface area contributed by atoms with E-state index in [1.807, 2.05) is 24.0 Å². The Bertz CT molecular complexity index is 613. The van der Waals surface area contributed by atoms with Crippen LogP contribution in [0.25, 0.3) is 0 Å². The lowest BCUT2D eigenvalue weighted by molar-refractivity contribution is 0.0543. The van der Waals surface area contributed by atoms with Crippen LogP contribution in [0.4, 0.5) is 10.5 Å². The van der Waals surface area contributed by atoms with Crippen molar-refractivity contribution >= 4 is 11.7 Å². The molecule has 0 bridgehead atoms. The first-order valence-corrected chi connectivity index (χ1v) is 8.32. The number of amides is 2. The molecule has 23 heavy (non-hydrogen) atoms. The maximum absolute atomic E-state index is 12.7. The quantitative estimate of drug-likeness (QED) is 0.911. The van der Waals surface area contributed by atoms with Crippen molar-refractivity contribution in [1.82, 2.24) is 4.90 Å². The highest BCUT2D eigenvalue weighted by atomic mass is 16.7. The maximum atomic E-state index is 12.7. The fourth-order valence-electron chi connectivity index (χ4n) is 3.70. The maximum Gasteiger partial charge on any atom is 0.322 e. The molecule has 0 unspecified atom stereocenters. The lowest BCUT2D eigenvalue weighted by Gasteiger charge is -2.29. The Hall–Kier alpha value is -1.95. The lowest BCUT2D eigenvalue weighted by atomic mass is 10.1. The molecular formula is C17H22N2O4. The third-order valence-corrected chi connectivity index (χ3v) is 4.92. The van der Waals surface area contributed by atoms with Gasteiger partial charge in [-0.2, -0.15) is 0 Å². The molecule has 2 atom stereocenters. The fourth-order valence-corrected chi connectivity index (χ4v) is 3.70. The Morgan fingerprint density at radius 2 is 2.04 bits per heavy atom. The number of anilines is 1. The van der Waals surface area contributed by atoms with Gasteiger partial charge in [0.2, 0.25) is 6.79 Å². The van der Waals surface area contributed by atoms with Crippen LogP contribution in [0.15, 0.2) is 12.1 Å². The average molecular weight is 318 g/mol. The molecule has 4 rings (SSSR count). The molecule has 0 saturated carbocycles. The number of carbonyl (C=O) groups excluding carboxylic acids is 1. The molecule has 6 nitrogen and oxygen atoms in total. The molecule has 3 aliphatic heterocycles. The Morgan fingerprint density at radius 3 is 2.83 bits per heavy atom. The number of aryl methyl sites for hydroxylation is 1. The predicted octanol–water partition coefficient (Wildman–Crippen LogP) is 2.90. The van der Waals surface area contributed by atoms with E-state index < -0.39 is 0 Å². The van der Waals surface area contributed by atoms with Crippen LogP contribution in [0, 0.1) is 6.92 Å². The summed E-state index contributed by atoms with van der Waals surface area (Å²) in [4.78, 5) is 14.7. The molecular weight excluding hydrogens is 296 g/mol. The zero-order valence-electron chi connectivity index (χ0n) is 13.3. The first kappa shape index (κ1) is 14.6. The molecule has 0 aliphatic carbocycles.